The molecule has 0 aliphatic carbocycles. The minimum absolute atomic E-state index is 0.0647. The number of ether oxygens (including phenoxy) is 2. The molecule has 1 heterocycles. The first-order valence-corrected chi connectivity index (χ1v) is 9.77. The molecule has 0 aromatic heterocycles. The first-order valence-electron chi connectivity index (χ1n) is 9.77. The molecule has 0 fully saturated rings. The molecule has 0 saturated carbocycles. The Labute approximate surface area is 175 Å². The highest BCUT2D eigenvalue weighted by atomic mass is 16.5. The number of hydrogen-bond acceptors (Lipinski definition) is 4. The highest BCUT2D eigenvalue weighted by Gasteiger charge is 2.28. The second-order valence-corrected chi connectivity index (χ2v) is 8.23. The summed E-state index contributed by atoms with van der Waals surface area (Å²) in [5.74, 6) is 0.308. The van der Waals surface area contributed by atoms with Crippen LogP contribution in [0.15, 0.2) is 78.6 Å². The summed E-state index contributed by atoms with van der Waals surface area (Å²) in [6.07, 6.45) is 1.73. The predicted molar refractivity (Wildman–Crippen MR) is 116 cm³/mol. The van der Waals surface area contributed by atoms with Crippen LogP contribution < -0.4 is 9.47 Å². The Kier molecular flexibility index (Phi) is 5.00. The van der Waals surface area contributed by atoms with Gasteiger partial charge in [-0.15, -0.1) is 0 Å². The molecule has 4 nitrogen and oxygen atoms in total. The summed E-state index contributed by atoms with van der Waals surface area (Å²) in [6, 6.07) is 21.6. The first kappa shape index (κ1) is 19.6. The molecular weight excluding hydrogens is 376 g/mol. The molecule has 150 valence electrons. The summed E-state index contributed by atoms with van der Waals surface area (Å²) in [5, 5.41) is 0. The number of Topliss-reactive ketones (excluding diaryl/α,β-unsaturated/α-hetero) is 1. The quantitative estimate of drug-likeness (QED) is 0.317. The van der Waals surface area contributed by atoms with Gasteiger partial charge in [0, 0.05) is 6.07 Å². The summed E-state index contributed by atoms with van der Waals surface area (Å²) in [5.41, 5.74) is 3.07. The van der Waals surface area contributed by atoms with Crippen molar-refractivity contribution in [2.45, 2.75) is 26.2 Å². The number of carbonyl (C=O) groups is 2. The fraction of sp³-hybridized carbons (Fsp3) is 0.154. The third kappa shape index (κ3) is 4.03. The van der Waals surface area contributed by atoms with Gasteiger partial charge in [-0.25, -0.2) is 4.79 Å². The van der Waals surface area contributed by atoms with E-state index < -0.39 is 5.97 Å². The van der Waals surface area contributed by atoms with E-state index in [2.05, 4.69) is 32.9 Å². The number of fused-ring (bicyclic) bond motifs is 1. The lowest BCUT2D eigenvalue weighted by atomic mass is 9.86. The van der Waals surface area contributed by atoms with Crippen molar-refractivity contribution in [3.63, 3.8) is 0 Å². The number of allylic oxidation sites excluding steroid dienone is 1. The van der Waals surface area contributed by atoms with Crippen LogP contribution in [0.1, 0.15) is 52.6 Å². The Balaban J connectivity index is 1.53. The molecule has 0 atom stereocenters. The Hall–Kier alpha value is -3.66. The van der Waals surface area contributed by atoms with Gasteiger partial charge in [-0.3, -0.25) is 4.79 Å². The minimum Gasteiger partial charge on any atom is -0.452 e. The zero-order valence-electron chi connectivity index (χ0n) is 17.1. The molecule has 1 aliphatic rings. The molecule has 0 saturated heterocycles. The van der Waals surface area contributed by atoms with E-state index in [-0.39, 0.29) is 17.0 Å². The zero-order valence-corrected chi connectivity index (χ0v) is 17.1. The largest absolute Gasteiger partial charge is 0.452 e. The average molecular weight is 398 g/mol. The van der Waals surface area contributed by atoms with E-state index in [9.17, 15) is 9.59 Å². The van der Waals surface area contributed by atoms with Crippen molar-refractivity contribution in [1.82, 2.24) is 0 Å². The van der Waals surface area contributed by atoms with Gasteiger partial charge in [0.1, 0.15) is 11.5 Å². The summed E-state index contributed by atoms with van der Waals surface area (Å²) in [7, 11) is 0. The fourth-order valence-electron chi connectivity index (χ4n) is 3.20. The summed E-state index contributed by atoms with van der Waals surface area (Å²) in [6.45, 7) is 6.47. The molecule has 0 bridgehead atoms. The van der Waals surface area contributed by atoms with Gasteiger partial charge >= 0.3 is 5.97 Å². The third-order valence-electron chi connectivity index (χ3n) is 4.94. The van der Waals surface area contributed by atoms with Crippen LogP contribution in [-0.4, -0.2) is 11.8 Å². The van der Waals surface area contributed by atoms with E-state index in [0.717, 1.165) is 5.56 Å². The number of benzene rings is 3. The van der Waals surface area contributed by atoms with Crippen molar-refractivity contribution in [2.24, 2.45) is 0 Å². The van der Waals surface area contributed by atoms with Crippen molar-refractivity contribution in [2.75, 3.05) is 0 Å². The number of carbonyl (C=O) groups excluding carboxylic acids is 2. The Morgan fingerprint density at radius 3 is 2.30 bits per heavy atom. The first-order chi connectivity index (χ1) is 14.3. The molecule has 1 aliphatic heterocycles. The van der Waals surface area contributed by atoms with E-state index in [1.54, 1.807) is 48.5 Å². The van der Waals surface area contributed by atoms with Gasteiger partial charge in [0.05, 0.1) is 11.1 Å². The van der Waals surface area contributed by atoms with Crippen LogP contribution in [-0.2, 0) is 5.41 Å². The van der Waals surface area contributed by atoms with Crippen LogP contribution in [0.5, 0.6) is 11.5 Å². The van der Waals surface area contributed by atoms with Crippen LogP contribution in [0.25, 0.3) is 6.08 Å². The zero-order chi connectivity index (χ0) is 21.3. The lowest BCUT2D eigenvalue weighted by Gasteiger charge is -2.18. The predicted octanol–water partition coefficient (Wildman–Crippen LogP) is 5.82. The van der Waals surface area contributed by atoms with Gasteiger partial charge in [-0.1, -0.05) is 63.2 Å². The Morgan fingerprint density at radius 2 is 1.63 bits per heavy atom. The summed E-state index contributed by atoms with van der Waals surface area (Å²) in [4.78, 5) is 24.9. The molecule has 0 spiro atoms. The summed E-state index contributed by atoms with van der Waals surface area (Å²) >= 11 is 0. The molecule has 0 radical (unpaired) electrons. The fourth-order valence-corrected chi connectivity index (χ4v) is 3.20. The second-order valence-electron chi connectivity index (χ2n) is 8.23. The topological polar surface area (TPSA) is 52.6 Å². The number of rotatable bonds is 3. The van der Waals surface area contributed by atoms with Crippen LogP contribution in [0, 0.1) is 0 Å². The van der Waals surface area contributed by atoms with Crippen LogP contribution >= 0.6 is 0 Å². The van der Waals surface area contributed by atoms with Crippen molar-refractivity contribution < 1.29 is 19.1 Å². The van der Waals surface area contributed by atoms with Crippen LogP contribution in [0.2, 0.25) is 0 Å². The molecule has 0 amide bonds. The standard InChI is InChI=1S/C26H22O4/c1-26(2,3)19-11-9-17(10-12-19)15-23-24(27)21-14-13-20(16-22(21)30-23)29-25(28)18-7-5-4-6-8-18/h4-16H,1-3H3/b23-15-. The summed E-state index contributed by atoms with van der Waals surface area (Å²) < 4.78 is 11.2. The number of hydrogen-bond donors (Lipinski definition) is 0. The molecule has 0 N–H and O–H groups in total. The monoisotopic (exact) mass is 398 g/mol. The van der Waals surface area contributed by atoms with Crippen LogP contribution in [0.3, 0.4) is 0 Å². The van der Waals surface area contributed by atoms with Crippen molar-refractivity contribution in [1.29, 1.82) is 0 Å². The van der Waals surface area contributed by atoms with Crippen molar-refractivity contribution in [3.05, 3.63) is 101 Å². The average Bonchev–Trinajstić information content (AvgIpc) is 3.03. The Morgan fingerprint density at radius 1 is 0.933 bits per heavy atom. The van der Waals surface area contributed by atoms with E-state index in [1.165, 1.54) is 5.56 Å². The van der Waals surface area contributed by atoms with Gasteiger partial charge in [0.25, 0.3) is 0 Å². The van der Waals surface area contributed by atoms with Crippen LogP contribution in [0.4, 0.5) is 0 Å². The molecule has 3 aromatic rings. The maximum absolute atomic E-state index is 12.7. The third-order valence-corrected chi connectivity index (χ3v) is 4.94. The second kappa shape index (κ2) is 7.64. The molecule has 0 unspecified atom stereocenters. The van der Waals surface area contributed by atoms with Gasteiger partial charge < -0.3 is 9.47 Å². The maximum Gasteiger partial charge on any atom is 0.343 e. The number of esters is 1. The van der Waals surface area contributed by atoms with Gasteiger partial charge in [-0.05, 0) is 46.9 Å². The molecule has 4 heteroatoms. The molecule has 4 rings (SSSR count). The minimum atomic E-state index is -0.463. The maximum atomic E-state index is 12.7. The van der Waals surface area contributed by atoms with E-state index in [0.29, 0.717) is 22.6 Å². The van der Waals surface area contributed by atoms with E-state index in [1.807, 2.05) is 18.2 Å². The van der Waals surface area contributed by atoms with Gasteiger partial charge in [0.15, 0.2) is 5.76 Å². The SMILES string of the molecule is CC(C)(C)c1ccc(/C=C2\Oc3cc(OC(=O)c4ccccc4)ccc3C2=O)cc1. The smallest absolute Gasteiger partial charge is 0.343 e. The molecule has 30 heavy (non-hydrogen) atoms. The molecule has 3 aromatic carbocycles. The van der Waals surface area contributed by atoms with E-state index in [4.69, 9.17) is 9.47 Å². The highest BCUT2D eigenvalue weighted by molar-refractivity contribution is 6.14. The van der Waals surface area contributed by atoms with E-state index >= 15 is 0 Å². The number of ketones is 1. The molecular formula is C26H22O4. The normalized spacial score (nSPS) is 14.4. The van der Waals surface area contributed by atoms with Gasteiger partial charge in [0.2, 0.25) is 5.78 Å². The highest BCUT2D eigenvalue weighted by Crippen LogP contribution is 2.35. The van der Waals surface area contributed by atoms with Crippen molar-refractivity contribution >= 4 is 17.8 Å². The Bertz CT molecular complexity index is 1130. The van der Waals surface area contributed by atoms with Crippen molar-refractivity contribution in [3.8, 4) is 11.5 Å². The lowest BCUT2D eigenvalue weighted by molar-refractivity contribution is 0.0734. The lowest BCUT2D eigenvalue weighted by Crippen LogP contribution is -2.10. The van der Waals surface area contributed by atoms with Gasteiger partial charge in [-0.2, -0.15) is 0 Å².